The summed E-state index contributed by atoms with van der Waals surface area (Å²) in [6.07, 6.45) is 12.0. The van der Waals surface area contributed by atoms with Crippen molar-refractivity contribution in [2.24, 2.45) is 5.92 Å². The van der Waals surface area contributed by atoms with Gasteiger partial charge >= 0.3 is 0 Å². The van der Waals surface area contributed by atoms with Crippen molar-refractivity contribution in [2.75, 3.05) is 11.9 Å². The van der Waals surface area contributed by atoms with Crippen LogP contribution in [0, 0.1) is 5.92 Å². The van der Waals surface area contributed by atoms with E-state index in [9.17, 15) is 4.79 Å². The highest BCUT2D eigenvalue weighted by Gasteiger charge is 2.22. The van der Waals surface area contributed by atoms with Crippen LogP contribution in [-0.4, -0.2) is 22.1 Å². The second-order valence-corrected chi connectivity index (χ2v) is 11.5. The summed E-state index contributed by atoms with van der Waals surface area (Å²) in [6.45, 7) is 3.95. The van der Waals surface area contributed by atoms with Gasteiger partial charge in [0.2, 0.25) is 5.91 Å². The van der Waals surface area contributed by atoms with E-state index in [-0.39, 0.29) is 5.91 Å². The first-order valence-corrected chi connectivity index (χ1v) is 15.2. The van der Waals surface area contributed by atoms with Gasteiger partial charge in [0.05, 0.1) is 12.9 Å². The maximum Gasteiger partial charge on any atom is 0.248 e. The third kappa shape index (κ3) is 8.03. The fourth-order valence-electron chi connectivity index (χ4n) is 4.28. The number of ether oxygens (including phenoxy) is 1. The average Bonchev–Trinajstić information content (AvgIpc) is 3.68. The summed E-state index contributed by atoms with van der Waals surface area (Å²) in [5, 5.41) is 3.52. The van der Waals surface area contributed by atoms with Crippen molar-refractivity contribution in [3.63, 3.8) is 0 Å². The van der Waals surface area contributed by atoms with E-state index < -0.39 is 0 Å². The van der Waals surface area contributed by atoms with Crippen LogP contribution in [0.5, 0.6) is 5.75 Å². The molecule has 0 radical (unpaired) electrons. The largest absolute Gasteiger partial charge is 0.494 e. The molecule has 7 heteroatoms. The van der Waals surface area contributed by atoms with E-state index >= 15 is 0 Å². The minimum Gasteiger partial charge on any atom is -0.494 e. The number of benzene rings is 3. The number of halogens is 1. The molecule has 1 N–H and O–H groups in total. The highest BCUT2D eigenvalue weighted by Crippen LogP contribution is 2.32. The summed E-state index contributed by atoms with van der Waals surface area (Å²) < 4.78 is 8.04. The minimum atomic E-state index is -0.209. The summed E-state index contributed by atoms with van der Waals surface area (Å²) in [5.41, 5.74) is 4.86. The number of unbranched alkanes of at least 4 members (excludes halogenated alkanes) is 1. The Morgan fingerprint density at radius 3 is 2.62 bits per heavy atom. The lowest BCUT2D eigenvalue weighted by Gasteiger charge is -2.08. The van der Waals surface area contributed by atoms with Crippen molar-refractivity contribution in [1.29, 1.82) is 0 Å². The van der Waals surface area contributed by atoms with E-state index in [1.54, 1.807) is 17.8 Å². The van der Waals surface area contributed by atoms with Crippen molar-refractivity contribution >= 4 is 41.0 Å². The SMILES string of the molecule is CCCCOc1ccc(-c2ccc(Cl)c(/C=C/C(=O)Nc3ccc(SCc4cncn4CC4CC4)cc3)c2)cc1. The second-order valence-electron chi connectivity index (χ2n) is 10.1. The van der Waals surface area contributed by atoms with Crippen LogP contribution < -0.4 is 10.1 Å². The molecule has 1 saturated carbocycles. The topological polar surface area (TPSA) is 56.1 Å². The maximum atomic E-state index is 12.6. The molecule has 4 aromatic rings. The number of hydrogen-bond donors (Lipinski definition) is 1. The van der Waals surface area contributed by atoms with Crippen LogP contribution in [0.25, 0.3) is 17.2 Å². The number of hydrogen-bond acceptors (Lipinski definition) is 4. The van der Waals surface area contributed by atoms with Gasteiger partial charge in [0, 0.05) is 45.9 Å². The normalized spacial score (nSPS) is 13.1. The van der Waals surface area contributed by atoms with Gasteiger partial charge in [0.1, 0.15) is 5.75 Å². The van der Waals surface area contributed by atoms with Gasteiger partial charge in [-0.2, -0.15) is 0 Å². The molecule has 5 rings (SSSR count). The molecule has 1 heterocycles. The molecule has 0 bridgehead atoms. The predicted octanol–water partition coefficient (Wildman–Crippen LogP) is 8.74. The third-order valence-electron chi connectivity index (χ3n) is 6.82. The first kappa shape index (κ1) is 28.1. The quantitative estimate of drug-likeness (QED) is 0.0990. The van der Waals surface area contributed by atoms with E-state index in [1.165, 1.54) is 24.6 Å². The van der Waals surface area contributed by atoms with E-state index in [1.807, 2.05) is 79.3 Å². The third-order valence-corrected chi connectivity index (χ3v) is 8.21. The Morgan fingerprint density at radius 2 is 1.88 bits per heavy atom. The van der Waals surface area contributed by atoms with Crippen LogP contribution in [0.2, 0.25) is 5.02 Å². The van der Waals surface area contributed by atoms with Crippen LogP contribution in [0.4, 0.5) is 5.69 Å². The number of anilines is 1. The Kier molecular flexibility index (Phi) is 9.63. The Morgan fingerprint density at radius 1 is 1.10 bits per heavy atom. The monoisotopic (exact) mass is 571 g/mol. The van der Waals surface area contributed by atoms with Gasteiger partial charge < -0.3 is 14.6 Å². The molecule has 1 aliphatic rings. The van der Waals surface area contributed by atoms with Crippen molar-refractivity contribution in [3.8, 4) is 16.9 Å². The Bertz CT molecular complexity index is 1440. The van der Waals surface area contributed by atoms with Crippen molar-refractivity contribution in [3.05, 3.63) is 102 Å². The molecule has 3 aromatic carbocycles. The molecule has 40 heavy (non-hydrogen) atoms. The molecule has 0 unspecified atom stereocenters. The molecule has 206 valence electrons. The summed E-state index contributed by atoms with van der Waals surface area (Å²) in [5.74, 6) is 2.35. The molecular weight excluding hydrogens is 538 g/mol. The Labute approximate surface area is 245 Å². The number of nitrogens with zero attached hydrogens (tertiary/aromatic N) is 2. The zero-order valence-corrected chi connectivity index (χ0v) is 24.3. The van der Waals surface area contributed by atoms with Gasteiger partial charge in [-0.1, -0.05) is 43.1 Å². The number of amides is 1. The molecule has 1 fully saturated rings. The van der Waals surface area contributed by atoms with Crippen LogP contribution >= 0.6 is 23.4 Å². The summed E-state index contributed by atoms with van der Waals surface area (Å²) in [7, 11) is 0. The molecule has 0 spiro atoms. The van der Waals surface area contributed by atoms with E-state index in [0.717, 1.165) is 70.7 Å². The van der Waals surface area contributed by atoms with Crippen LogP contribution in [0.15, 0.2) is 90.2 Å². The van der Waals surface area contributed by atoms with Crippen LogP contribution in [0.1, 0.15) is 43.9 Å². The Balaban J connectivity index is 1.14. The number of carbonyl (C=O) groups is 1. The van der Waals surface area contributed by atoms with Gasteiger partial charge in [-0.25, -0.2) is 4.98 Å². The fourth-order valence-corrected chi connectivity index (χ4v) is 5.35. The minimum absolute atomic E-state index is 0.209. The highest BCUT2D eigenvalue weighted by atomic mass is 35.5. The molecule has 0 aliphatic heterocycles. The zero-order valence-electron chi connectivity index (χ0n) is 22.7. The molecule has 1 aliphatic carbocycles. The predicted molar refractivity (Wildman–Crippen MR) is 166 cm³/mol. The lowest BCUT2D eigenvalue weighted by molar-refractivity contribution is -0.111. The highest BCUT2D eigenvalue weighted by molar-refractivity contribution is 7.98. The van der Waals surface area contributed by atoms with E-state index in [4.69, 9.17) is 16.3 Å². The maximum absolute atomic E-state index is 12.6. The van der Waals surface area contributed by atoms with Crippen LogP contribution in [0.3, 0.4) is 0 Å². The fraction of sp³-hybridized carbons (Fsp3) is 0.273. The summed E-state index contributed by atoms with van der Waals surface area (Å²) in [6, 6.07) is 21.8. The second kappa shape index (κ2) is 13.7. The molecule has 0 atom stereocenters. The molecule has 1 amide bonds. The van der Waals surface area contributed by atoms with Crippen molar-refractivity contribution < 1.29 is 9.53 Å². The first-order valence-electron chi connectivity index (χ1n) is 13.8. The van der Waals surface area contributed by atoms with Gasteiger partial charge in [0.15, 0.2) is 0 Å². The van der Waals surface area contributed by atoms with Gasteiger partial charge in [-0.15, -0.1) is 11.8 Å². The lowest BCUT2D eigenvalue weighted by atomic mass is 10.0. The number of thioether (sulfide) groups is 1. The van der Waals surface area contributed by atoms with Crippen molar-refractivity contribution in [1.82, 2.24) is 9.55 Å². The molecule has 5 nitrogen and oxygen atoms in total. The molecular formula is C33H34ClN3O2S. The van der Waals surface area contributed by atoms with E-state index in [0.29, 0.717) is 5.02 Å². The van der Waals surface area contributed by atoms with E-state index in [2.05, 4.69) is 21.8 Å². The summed E-state index contributed by atoms with van der Waals surface area (Å²) >= 11 is 8.21. The number of rotatable bonds is 13. The lowest BCUT2D eigenvalue weighted by Crippen LogP contribution is -2.07. The standard InChI is InChI=1S/C33H34ClN3O2S/c1-2-3-18-39-30-12-6-25(7-13-30)26-8-16-32(34)27(19-26)9-17-33(38)36-28-10-14-31(15-11-28)40-22-29-20-35-23-37(29)21-24-4-5-24/h6-17,19-20,23-24H,2-5,18,21-22H2,1H3,(H,36,38)/b17-9+. The molecule has 1 aromatic heterocycles. The Hall–Kier alpha value is -3.48. The van der Waals surface area contributed by atoms with Crippen LogP contribution in [-0.2, 0) is 17.1 Å². The smallest absolute Gasteiger partial charge is 0.248 e. The summed E-state index contributed by atoms with van der Waals surface area (Å²) in [4.78, 5) is 18.1. The van der Waals surface area contributed by atoms with Gasteiger partial charge in [-0.3, -0.25) is 4.79 Å². The number of aromatic nitrogens is 2. The number of nitrogens with one attached hydrogen (secondary N) is 1. The first-order chi connectivity index (χ1) is 19.6. The van der Waals surface area contributed by atoms with Gasteiger partial charge in [-0.05, 0) is 96.5 Å². The van der Waals surface area contributed by atoms with Crippen molar-refractivity contribution in [2.45, 2.75) is 49.8 Å². The number of carbonyl (C=O) groups excluding carboxylic acids is 1. The number of imidazole rings is 1. The zero-order chi connectivity index (χ0) is 27.7. The molecule has 0 saturated heterocycles. The van der Waals surface area contributed by atoms with Gasteiger partial charge in [0.25, 0.3) is 0 Å². The average molecular weight is 572 g/mol.